The van der Waals surface area contributed by atoms with E-state index >= 15 is 0 Å². The Morgan fingerprint density at radius 2 is 1.68 bits per heavy atom. The van der Waals surface area contributed by atoms with Gasteiger partial charge in [0.2, 0.25) is 0 Å². The lowest BCUT2D eigenvalue weighted by Gasteiger charge is -2.10. The van der Waals surface area contributed by atoms with E-state index in [0.29, 0.717) is 23.7 Å². The molecule has 0 saturated heterocycles. The van der Waals surface area contributed by atoms with Crippen LogP contribution in [0.1, 0.15) is 10.4 Å². The average molecular weight is 350 g/mol. The van der Waals surface area contributed by atoms with E-state index < -0.39 is 0 Å². The van der Waals surface area contributed by atoms with Crippen LogP contribution in [0.2, 0.25) is 0 Å². The van der Waals surface area contributed by atoms with Gasteiger partial charge in [0.15, 0.2) is 0 Å². The molecular weight excluding hydrogens is 332 g/mol. The maximum absolute atomic E-state index is 12.4. The van der Waals surface area contributed by atoms with E-state index in [4.69, 9.17) is 4.74 Å². The van der Waals surface area contributed by atoms with E-state index in [9.17, 15) is 4.79 Å². The number of ether oxygens (including phenoxy) is 1. The van der Waals surface area contributed by atoms with E-state index in [1.54, 1.807) is 18.3 Å². The molecule has 0 saturated carbocycles. The van der Waals surface area contributed by atoms with Crippen molar-refractivity contribution in [2.75, 3.05) is 13.2 Å². The van der Waals surface area contributed by atoms with Gasteiger partial charge in [-0.3, -0.25) is 4.79 Å². The van der Waals surface area contributed by atoms with Crippen molar-refractivity contribution in [3.8, 4) is 5.75 Å². The van der Waals surface area contributed by atoms with E-state index in [1.165, 1.54) is 11.8 Å². The highest BCUT2D eigenvalue weighted by Crippen LogP contribution is 2.28. The fraction of sp³-hybridized carbons (Fsp3) is 0.100. The molecule has 3 aromatic rings. The zero-order valence-corrected chi connectivity index (χ0v) is 14.4. The molecule has 126 valence electrons. The predicted octanol–water partition coefficient (Wildman–Crippen LogP) is 4.04. The summed E-state index contributed by atoms with van der Waals surface area (Å²) in [6.07, 6.45) is 1.70. The van der Waals surface area contributed by atoms with Gasteiger partial charge in [-0.05, 0) is 36.4 Å². The smallest absolute Gasteiger partial charge is 0.254 e. The van der Waals surface area contributed by atoms with Gasteiger partial charge in [-0.15, -0.1) is 0 Å². The van der Waals surface area contributed by atoms with Crippen LogP contribution < -0.4 is 10.1 Å². The number of rotatable bonds is 7. The number of pyridine rings is 1. The van der Waals surface area contributed by atoms with Crippen LogP contribution in [-0.4, -0.2) is 24.0 Å². The quantitative estimate of drug-likeness (QED) is 0.653. The van der Waals surface area contributed by atoms with Gasteiger partial charge in [-0.2, -0.15) is 0 Å². The minimum Gasteiger partial charge on any atom is -0.492 e. The number of amides is 1. The molecule has 0 unspecified atom stereocenters. The topological polar surface area (TPSA) is 51.2 Å². The van der Waals surface area contributed by atoms with Crippen LogP contribution in [0.4, 0.5) is 0 Å². The van der Waals surface area contributed by atoms with E-state index in [0.717, 1.165) is 10.6 Å². The summed E-state index contributed by atoms with van der Waals surface area (Å²) >= 11 is 1.48. The van der Waals surface area contributed by atoms with Crippen molar-refractivity contribution in [3.63, 3.8) is 0 Å². The number of carbonyl (C=O) groups is 1. The van der Waals surface area contributed by atoms with Gasteiger partial charge in [0.25, 0.3) is 5.91 Å². The summed E-state index contributed by atoms with van der Waals surface area (Å²) in [5, 5.41) is 3.57. The largest absolute Gasteiger partial charge is 0.492 e. The van der Waals surface area contributed by atoms with Crippen LogP contribution in [0.3, 0.4) is 0 Å². The maximum Gasteiger partial charge on any atom is 0.254 e. The van der Waals surface area contributed by atoms with Gasteiger partial charge >= 0.3 is 0 Å². The van der Waals surface area contributed by atoms with Gasteiger partial charge in [0.1, 0.15) is 17.4 Å². The summed E-state index contributed by atoms with van der Waals surface area (Å²) in [7, 11) is 0. The Bertz CT molecular complexity index is 810. The van der Waals surface area contributed by atoms with Crippen LogP contribution >= 0.6 is 11.8 Å². The Kier molecular flexibility index (Phi) is 6.06. The van der Waals surface area contributed by atoms with Crippen LogP contribution in [0.5, 0.6) is 5.75 Å². The third-order valence-electron chi connectivity index (χ3n) is 3.37. The lowest BCUT2D eigenvalue weighted by atomic mass is 10.2. The van der Waals surface area contributed by atoms with E-state index in [2.05, 4.69) is 10.3 Å². The normalized spacial score (nSPS) is 10.2. The van der Waals surface area contributed by atoms with Crippen molar-refractivity contribution >= 4 is 17.7 Å². The molecule has 0 bridgehead atoms. The molecule has 3 rings (SSSR count). The maximum atomic E-state index is 12.4. The highest BCUT2D eigenvalue weighted by atomic mass is 32.2. The number of benzene rings is 2. The Hall–Kier alpha value is -2.79. The molecule has 4 nitrogen and oxygen atoms in total. The second-order valence-corrected chi connectivity index (χ2v) is 6.25. The molecule has 5 heteroatoms. The molecule has 0 fully saturated rings. The fourth-order valence-corrected chi connectivity index (χ4v) is 3.09. The summed E-state index contributed by atoms with van der Waals surface area (Å²) < 4.78 is 5.58. The van der Waals surface area contributed by atoms with Gasteiger partial charge in [-0.25, -0.2) is 4.98 Å². The number of carbonyl (C=O) groups excluding carboxylic acids is 1. The molecule has 0 aliphatic heterocycles. The van der Waals surface area contributed by atoms with Crippen molar-refractivity contribution in [2.45, 2.75) is 9.92 Å². The van der Waals surface area contributed by atoms with Gasteiger partial charge in [-0.1, -0.05) is 48.2 Å². The van der Waals surface area contributed by atoms with Gasteiger partial charge in [0, 0.05) is 11.1 Å². The molecule has 1 aromatic heterocycles. The lowest BCUT2D eigenvalue weighted by molar-refractivity contribution is 0.0943. The van der Waals surface area contributed by atoms with Gasteiger partial charge in [0.05, 0.1) is 12.1 Å². The fourth-order valence-electron chi connectivity index (χ4n) is 2.19. The summed E-state index contributed by atoms with van der Waals surface area (Å²) in [4.78, 5) is 17.8. The molecular formula is C20H18N2O2S. The Labute approximate surface area is 151 Å². The first-order valence-electron chi connectivity index (χ1n) is 7.97. The van der Waals surface area contributed by atoms with Crippen LogP contribution in [0.15, 0.2) is 88.9 Å². The first-order chi connectivity index (χ1) is 12.3. The standard InChI is InChI=1S/C20H18N2O2S/c23-19(21-14-15-24-16-8-3-1-4-9-16)18-12-7-13-22-20(18)25-17-10-5-2-6-11-17/h1-13H,14-15H2,(H,21,23). The molecule has 1 heterocycles. The molecule has 25 heavy (non-hydrogen) atoms. The second kappa shape index (κ2) is 8.89. The minimum atomic E-state index is -0.150. The summed E-state index contributed by atoms with van der Waals surface area (Å²) in [5.41, 5.74) is 0.566. The summed E-state index contributed by atoms with van der Waals surface area (Å²) in [5.74, 6) is 0.640. The summed E-state index contributed by atoms with van der Waals surface area (Å²) in [6, 6.07) is 23.0. The number of para-hydroxylation sites is 1. The highest BCUT2D eigenvalue weighted by Gasteiger charge is 2.13. The third kappa shape index (κ3) is 5.09. The molecule has 1 amide bonds. The monoisotopic (exact) mass is 350 g/mol. The number of hydrogen-bond acceptors (Lipinski definition) is 4. The van der Waals surface area contributed by atoms with Crippen molar-refractivity contribution in [1.29, 1.82) is 0 Å². The molecule has 0 aliphatic rings. The summed E-state index contributed by atoms with van der Waals surface area (Å²) in [6.45, 7) is 0.843. The second-order valence-electron chi connectivity index (χ2n) is 5.19. The number of nitrogens with zero attached hydrogens (tertiary/aromatic N) is 1. The molecule has 2 aromatic carbocycles. The first-order valence-corrected chi connectivity index (χ1v) is 8.78. The van der Waals surface area contributed by atoms with Crippen molar-refractivity contribution in [2.24, 2.45) is 0 Å². The Balaban J connectivity index is 1.57. The number of nitrogens with one attached hydrogen (secondary N) is 1. The van der Waals surface area contributed by atoms with Crippen molar-refractivity contribution < 1.29 is 9.53 Å². The minimum absolute atomic E-state index is 0.150. The SMILES string of the molecule is O=C(NCCOc1ccccc1)c1cccnc1Sc1ccccc1. The molecule has 0 atom stereocenters. The molecule has 0 spiro atoms. The molecule has 0 aliphatic carbocycles. The number of aromatic nitrogens is 1. The number of hydrogen-bond donors (Lipinski definition) is 1. The van der Waals surface area contributed by atoms with Crippen molar-refractivity contribution in [1.82, 2.24) is 10.3 Å². The first kappa shape index (κ1) is 17.0. The predicted molar refractivity (Wildman–Crippen MR) is 99.1 cm³/mol. The zero-order chi connectivity index (χ0) is 17.3. The Morgan fingerprint density at radius 1 is 0.960 bits per heavy atom. The Morgan fingerprint density at radius 3 is 2.44 bits per heavy atom. The van der Waals surface area contributed by atoms with Crippen LogP contribution in [0.25, 0.3) is 0 Å². The molecule has 0 radical (unpaired) electrons. The zero-order valence-electron chi connectivity index (χ0n) is 13.6. The van der Waals surface area contributed by atoms with Crippen LogP contribution in [-0.2, 0) is 0 Å². The van der Waals surface area contributed by atoms with Crippen molar-refractivity contribution in [3.05, 3.63) is 84.6 Å². The average Bonchev–Trinajstić information content (AvgIpc) is 2.67. The van der Waals surface area contributed by atoms with E-state index in [-0.39, 0.29) is 5.91 Å². The highest BCUT2D eigenvalue weighted by molar-refractivity contribution is 7.99. The van der Waals surface area contributed by atoms with E-state index in [1.807, 2.05) is 60.7 Å². The lowest BCUT2D eigenvalue weighted by Crippen LogP contribution is -2.28. The van der Waals surface area contributed by atoms with Crippen LogP contribution in [0, 0.1) is 0 Å². The van der Waals surface area contributed by atoms with Gasteiger partial charge < -0.3 is 10.1 Å². The third-order valence-corrected chi connectivity index (χ3v) is 4.40. The molecule has 1 N–H and O–H groups in total.